The van der Waals surface area contributed by atoms with Gasteiger partial charge in [0.2, 0.25) is 10.0 Å². The van der Waals surface area contributed by atoms with Crippen molar-refractivity contribution in [3.63, 3.8) is 0 Å². The molecule has 0 bridgehead atoms. The van der Waals surface area contributed by atoms with Gasteiger partial charge in [0, 0.05) is 35.2 Å². The number of methoxy groups -OCH3 is 1. The summed E-state index contributed by atoms with van der Waals surface area (Å²) in [4.78, 5) is 27.3. The van der Waals surface area contributed by atoms with Crippen LogP contribution in [0.3, 0.4) is 0 Å². The lowest BCUT2D eigenvalue weighted by molar-refractivity contribution is -0.140. The number of esters is 1. The molecule has 4 N–H and O–H groups in total. The van der Waals surface area contributed by atoms with Gasteiger partial charge in [-0.3, -0.25) is 4.79 Å². The highest BCUT2D eigenvalue weighted by Gasteiger charge is 2.42. The van der Waals surface area contributed by atoms with E-state index >= 15 is 0 Å². The molecule has 3 aromatic rings. The lowest BCUT2D eigenvalue weighted by atomic mass is 9.71. The number of Topliss-reactive ketones (excluding diaryl/α,β-unsaturated/α-hetero) is 1. The molecule has 1 aliphatic carbocycles. The second kappa shape index (κ2) is 11.2. The number of ketones is 1. The molecule has 0 unspecified atom stereocenters. The van der Waals surface area contributed by atoms with Crippen LogP contribution in [-0.2, 0) is 31.0 Å². The maximum absolute atomic E-state index is 13.8. The van der Waals surface area contributed by atoms with Crippen molar-refractivity contribution in [2.75, 3.05) is 7.11 Å². The number of ether oxygens (including phenoxy) is 2. The number of sulfonamides is 1. The van der Waals surface area contributed by atoms with Crippen LogP contribution in [0.4, 0.5) is 0 Å². The number of rotatable bonds is 7. The van der Waals surface area contributed by atoms with Crippen LogP contribution in [-0.4, -0.2) is 32.4 Å². The van der Waals surface area contributed by atoms with Gasteiger partial charge in [0.1, 0.15) is 18.1 Å². The predicted octanol–water partition coefficient (Wildman–Crippen LogP) is 4.15. The average Bonchev–Trinajstić information content (AvgIpc) is 2.94. The zero-order valence-corrected chi connectivity index (χ0v) is 23.4. The number of benzene rings is 3. The molecule has 5 rings (SSSR count). The summed E-state index contributed by atoms with van der Waals surface area (Å²) < 4.78 is 34.3. The topological polar surface area (TPSA) is 145 Å². The minimum Gasteiger partial charge on any atom is -0.508 e. The third-order valence-electron chi connectivity index (χ3n) is 7.45. The van der Waals surface area contributed by atoms with Crippen molar-refractivity contribution in [2.45, 2.75) is 43.1 Å². The first-order valence-electron chi connectivity index (χ1n) is 13.0. The summed E-state index contributed by atoms with van der Waals surface area (Å²) >= 11 is 0. The van der Waals surface area contributed by atoms with E-state index < -0.39 is 21.9 Å². The first kappa shape index (κ1) is 28.1. The Labute approximate surface area is 238 Å². The lowest BCUT2D eigenvalue weighted by Crippen LogP contribution is -2.36. The van der Waals surface area contributed by atoms with Gasteiger partial charge >= 0.3 is 5.97 Å². The Morgan fingerprint density at radius 1 is 1.05 bits per heavy atom. The molecule has 0 saturated carbocycles. The summed E-state index contributed by atoms with van der Waals surface area (Å²) in [5.41, 5.74) is 4.09. The summed E-state index contributed by atoms with van der Waals surface area (Å²) in [6.45, 7) is 1.64. The molecule has 0 fully saturated rings. The van der Waals surface area contributed by atoms with Crippen molar-refractivity contribution in [3.05, 3.63) is 112 Å². The van der Waals surface area contributed by atoms with Crippen molar-refractivity contribution in [3.8, 4) is 11.5 Å². The van der Waals surface area contributed by atoms with E-state index in [0.29, 0.717) is 34.6 Å². The molecule has 10 heteroatoms. The number of phenols is 1. The van der Waals surface area contributed by atoms with Crippen molar-refractivity contribution in [2.24, 2.45) is 5.14 Å². The van der Waals surface area contributed by atoms with E-state index in [1.54, 1.807) is 32.2 Å². The molecule has 41 heavy (non-hydrogen) atoms. The van der Waals surface area contributed by atoms with Gasteiger partial charge in [-0.25, -0.2) is 18.4 Å². The standard InChI is InChI=1S/C31H30N2O7S/c1-18-28(31(36)40-17-19-10-12-23(13-11-19)41(32,37)38)29(20-6-5-7-22(34)14-20)30-25(33-18)15-21(16-26(30)35)24-8-3-4-9-27(24)39-2/h3-14,21,29,33-34H,15-17H2,1-2H3,(H2,32,37,38)/t21-,29-/m1/s1. The molecule has 0 spiro atoms. The molecule has 0 radical (unpaired) electrons. The maximum atomic E-state index is 13.8. The van der Waals surface area contributed by atoms with Crippen molar-refractivity contribution in [1.29, 1.82) is 0 Å². The number of hydrogen-bond donors (Lipinski definition) is 3. The number of phenolic OH excluding ortho intramolecular Hbond substituents is 1. The Morgan fingerprint density at radius 2 is 1.78 bits per heavy atom. The number of allylic oxidation sites excluding steroid dienone is 3. The molecule has 3 aromatic carbocycles. The Bertz CT molecular complexity index is 1690. The summed E-state index contributed by atoms with van der Waals surface area (Å²) in [6.07, 6.45) is 0.765. The zero-order valence-electron chi connectivity index (χ0n) is 22.6. The molecule has 2 aliphatic rings. The van der Waals surface area contributed by atoms with Crippen LogP contribution < -0.4 is 15.2 Å². The number of para-hydroxylation sites is 1. The first-order valence-corrected chi connectivity index (χ1v) is 14.6. The van der Waals surface area contributed by atoms with Crippen molar-refractivity contribution >= 4 is 21.8 Å². The van der Waals surface area contributed by atoms with E-state index in [1.807, 2.05) is 24.3 Å². The largest absolute Gasteiger partial charge is 0.508 e. The number of carbonyl (C=O) groups excluding carboxylic acids is 2. The SMILES string of the molecule is COc1ccccc1[C@H]1CC(=O)C2=C(C1)NC(C)=C(C(=O)OCc1ccc(S(N)(=O)=O)cc1)[C@H]2c1cccc(O)c1. The van der Waals surface area contributed by atoms with Crippen molar-refractivity contribution < 1.29 is 32.6 Å². The zero-order chi connectivity index (χ0) is 29.3. The smallest absolute Gasteiger partial charge is 0.337 e. The van der Waals surface area contributed by atoms with E-state index in [0.717, 1.165) is 11.3 Å². The number of nitrogens with one attached hydrogen (secondary N) is 1. The quantitative estimate of drug-likeness (QED) is 0.357. The maximum Gasteiger partial charge on any atom is 0.337 e. The molecule has 0 saturated heterocycles. The highest BCUT2D eigenvalue weighted by Crippen LogP contribution is 2.47. The highest BCUT2D eigenvalue weighted by atomic mass is 32.2. The monoisotopic (exact) mass is 574 g/mol. The molecule has 1 heterocycles. The van der Waals surface area contributed by atoms with E-state index in [1.165, 1.54) is 30.3 Å². The van der Waals surface area contributed by atoms with E-state index in [2.05, 4.69) is 5.32 Å². The molecule has 2 atom stereocenters. The van der Waals surface area contributed by atoms with Crippen LogP contribution >= 0.6 is 0 Å². The third-order valence-corrected chi connectivity index (χ3v) is 8.38. The third kappa shape index (κ3) is 5.75. The van der Waals surface area contributed by atoms with E-state index in [4.69, 9.17) is 14.6 Å². The Balaban J connectivity index is 1.48. The number of aromatic hydroxyl groups is 1. The van der Waals surface area contributed by atoms with Crippen LogP contribution in [0.2, 0.25) is 0 Å². The van der Waals surface area contributed by atoms with Crippen LogP contribution in [0.25, 0.3) is 0 Å². The number of hydrogen-bond acceptors (Lipinski definition) is 8. The Kier molecular flexibility index (Phi) is 7.70. The van der Waals surface area contributed by atoms with Gasteiger partial charge < -0.3 is 19.9 Å². The fraction of sp³-hybridized carbons (Fsp3) is 0.226. The molecular formula is C31H30N2O7S. The van der Waals surface area contributed by atoms with Gasteiger partial charge in [-0.15, -0.1) is 0 Å². The van der Waals surface area contributed by atoms with Crippen molar-refractivity contribution in [1.82, 2.24) is 5.32 Å². The molecular weight excluding hydrogens is 544 g/mol. The Hall–Kier alpha value is -4.41. The van der Waals surface area contributed by atoms with Gasteiger partial charge in [0.15, 0.2) is 5.78 Å². The molecule has 9 nitrogen and oxygen atoms in total. The second-order valence-corrected chi connectivity index (χ2v) is 11.7. The van der Waals surface area contributed by atoms with E-state index in [9.17, 15) is 23.1 Å². The van der Waals surface area contributed by atoms with Gasteiger partial charge in [-0.1, -0.05) is 42.5 Å². The molecule has 0 amide bonds. The number of nitrogens with two attached hydrogens (primary N) is 1. The summed E-state index contributed by atoms with van der Waals surface area (Å²) in [7, 11) is -2.25. The Morgan fingerprint density at radius 3 is 2.46 bits per heavy atom. The van der Waals surface area contributed by atoms with Crippen LogP contribution in [0.15, 0.2) is 100 Å². The van der Waals surface area contributed by atoms with Gasteiger partial charge in [0.05, 0.1) is 17.6 Å². The van der Waals surface area contributed by atoms with Gasteiger partial charge in [-0.05, 0) is 60.4 Å². The summed E-state index contributed by atoms with van der Waals surface area (Å²) in [5.74, 6) is -0.885. The van der Waals surface area contributed by atoms with E-state index in [-0.39, 0.29) is 40.9 Å². The second-order valence-electron chi connectivity index (χ2n) is 10.1. The molecule has 212 valence electrons. The van der Waals surface area contributed by atoms with Gasteiger partial charge in [-0.2, -0.15) is 0 Å². The number of carbonyl (C=O) groups is 2. The fourth-order valence-corrected chi connectivity index (χ4v) is 6.09. The number of dihydropyridines is 1. The summed E-state index contributed by atoms with van der Waals surface area (Å²) in [5, 5.41) is 18.7. The predicted molar refractivity (Wildman–Crippen MR) is 151 cm³/mol. The van der Waals surface area contributed by atoms with Crippen LogP contribution in [0.1, 0.15) is 48.3 Å². The lowest BCUT2D eigenvalue weighted by Gasteiger charge is -2.37. The average molecular weight is 575 g/mol. The first-order chi connectivity index (χ1) is 19.6. The minimum atomic E-state index is -3.85. The fourth-order valence-electron chi connectivity index (χ4n) is 5.57. The highest BCUT2D eigenvalue weighted by molar-refractivity contribution is 7.89. The van der Waals surface area contributed by atoms with Crippen LogP contribution in [0, 0.1) is 0 Å². The molecule has 0 aromatic heterocycles. The minimum absolute atomic E-state index is 0.0126. The molecule has 1 aliphatic heterocycles. The number of primary sulfonamides is 1. The normalized spacial score (nSPS) is 19.0. The van der Waals surface area contributed by atoms with Gasteiger partial charge in [0.25, 0.3) is 0 Å². The van der Waals surface area contributed by atoms with Crippen LogP contribution in [0.5, 0.6) is 11.5 Å². The summed E-state index contributed by atoms with van der Waals surface area (Å²) in [6, 6.07) is 19.9.